The monoisotopic (exact) mass is 590 g/mol. The first kappa shape index (κ1) is 30.4. The molecule has 2 aliphatic rings. The molecule has 5 rings (SSSR count). The topological polar surface area (TPSA) is 97.6 Å². The number of piperidine rings is 1. The van der Waals surface area contributed by atoms with E-state index in [1.54, 1.807) is 6.07 Å². The number of hydrogen-bond acceptors (Lipinski definition) is 7. The number of rotatable bonds is 8. The molecule has 42 heavy (non-hydrogen) atoms. The number of nitrogens with one attached hydrogen (secondary N) is 1. The average molecular weight is 591 g/mol. The van der Waals surface area contributed by atoms with Crippen molar-refractivity contribution in [1.82, 2.24) is 9.97 Å². The number of hydrogen-bond donors (Lipinski definition) is 1. The van der Waals surface area contributed by atoms with E-state index in [1.807, 2.05) is 25.1 Å². The van der Waals surface area contributed by atoms with E-state index in [1.165, 1.54) is 0 Å². The zero-order valence-corrected chi connectivity index (χ0v) is 27.0. The summed E-state index contributed by atoms with van der Waals surface area (Å²) in [7, 11) is -1.79. The zero-order valence-electron chi connectivity index (χ0n) is 26.0. The normalized spacial score (nSPS) is 20.6. The molecule has 1 saturated carbocycles. The Hall–Kier alpha value is -3.04. The number of fused-ring (bicyclic) bond motifs is 1. The first-order valence-corrected chi connectivity index (χ1v) is 18.4. The number of aldehydes is 1. The van der Waals surface area contributed by atoms with Crippen molar-refractivity contribution in [3.63, 3.8) is 0 Å². The van der Waals surface area contributed by atoms with Crippen LogP contribution >= 0.6 is 0 Å². The van der Waals surface area contributed by atoms with Crippen molar-refractivity contribution in [2.75, 3.05) is 29.9 Å². The van der Waals surface area contributed by atoms with Gasteiger partial charge in [0.2, 0.25) is 0 Å². The fraction of sp³-hybridized carbons (Fsp3) is 0.576. The van der Waals surface area contributed by atoms with Gasteiger partial charge in [0, 0.05) is 43.3 Å². The van der Waals surface area contributed by atoms with Gasteiger partial charge in [-0.1, -0.05) is 26.8 Å². The smallest absolute Gasteiger partial charge is 0.274 e. The summed E-state index contributed by atoms with van der Waals surface area (Å²) >= 11 is 0. The van der Waals surface area contributed by atoms with Gasteiger partial charge in [-0.3, -0.25) is 4.79 Å². The molecule has 0 spiro atoms. The van der Waals surface area contributed by atoms with Crippen LogP contribution in [0.15, 0.2) is 34.7 Å². The van der Waals surface area contributed by atoms with E-state index >= 15 is 0 Å². The van der Waals surface area contributed by atoms with Gasteiger partial charge < -0.3 is 23.9 Å². The summed E-state index contributed by atoms with van der Waals surface area (Å²) in [4.78, 5) is 36.2. The van der Waals surface area contributed by atoms with Crippen LogP contribution < -0.4 is 10.2 Å². The number of anilines is 2. The van der Waals surface area contributed by atoms with Crippen LogP contribution in [0.2, 0.25) is 18.1 Å². The summed E-state index contributed by atoms with van der Waals surface area (Å²) in [5, 5.41) is 3.33. The molecule has 3 aromatic rings. The summed E-state index contributed by atoms with van der Waals surface area (Å²) in [6, 6.07) is 9.44. The summed E-state index contributed by atoms with van der Waals surface area (Å²) in [5.74, 6) is 1.36. The predicted molar refractivity (Wildman–Crippen MR) is 170 cm³/mol. The average Bonchev–Trinajstić information content (AvgIpc) is 3.38. The van der Waals surface area contributed by atoms with Crippen LogP contribution in [-0.4, -0.2) is 50.2 Å². The van der Waals surface area contributed by atoms with Crippen LogP contribution in [-0.2, 0) is 9.22 Å². The second kappa shape index (κ2) is 12.3. The molecule has 226 valence electrons. The van der Waals surface area contributed by atoms with Gasteiger partial charge in [-0.2, -0.15) is 0 Å². The van der Waals surface area contributed by atoms with Gasteiger partial charge in [0.25, 0.3) is 5.91 Å². The molecule has 1 amide bonds. The van der Waals surface area contributed by atoms with Crippen LogP contribution in [0, 0.1) is 18.8 Å². The standard InChI is InChI=1S/C33H46N4O4Si/c1-22-8-7-9-26(34-22)31(39)35-27-19-30-28(36-32(41-30)25-12-10-23(20-38)11-13-25)18-29(27)37-16-14-24(15-17-37)21-40-42(5,6)33(2,3)4/h7-9,18-20,23-25H,10-17,21H2,1-6H3,(H,35,39). The Labute approximate surface area is 250 Å². The van der Waals surface area contributed by atoms with Gasteiger partial charge in [-0.25, -0.2) is 9.97 Å². The van der Waals surface area contributed by atoms with E-state index < -0.39 is 8.32 Å². The second-order valence-corrected chi connectivity index (χ2v) is 18.6. The van der Waals surface area contributed by atoms with Crippen LogP contribution in [0.1, 0.15) is 87.3 Å². The summed E-state index contributed by atoms with van der Waals surface area (Å²) < 4.78 is 12.8. The summed E-state index contributed by atoms with van der Waals surface area (Å²) in [6.07, 6.45) is 6.68. The Balaban J connectivity index is 1.37. The lowest BCUT2D eigenvalue weighted by Crippen LogP contribution is -2.43. The fourth-order valence-electron chi connectivity index (χ4n) is 5.76. The third-order valence-corrected chi connectivity index (χ3v) is 14.1. The van der Waals surface area contributed by atoms with Crippen molar-refractivity contribution >= 4 is 43.0 Å². The van der Waals surface area contributed by atoms with Crippen molar-refractivity contribution in [2.45, 2.75) is 90.3 Å². The van der Waals surface area contributed by atoms with Crippen molar-refractivity contribution in [2.24, 2.45) is 11.8 Å². The zero-order chi connectivity index (χ0) is 30.1. The quantitative estimate of drug-likeness (QED) is 0.214. The van der Waals surface area contributed by atoms with Gasteiger partial charge in [-0.15, -0.1) is 0 Å². The summed E-state index contributed by atoms with van der Waals surface area (Å²) in [6.45, 7) is 15.9. The maximum Gasteiger partial charge on any atom is 0.274 e. The van der Waals surface area contributed by atoms with E-state index in [0.29, 0.717) is 22.9 Å². The van der Waals surface area contributed by atoms with Crippen LogP contribution in [0.3, 0.4) is 0 Å². The number of amides is 1. The molecule has 8 nitrogen and oxygen atoms in total. The minimum absolute atomic E-state index is 0.143. The maximum absolute atomic E-state index is 13.3. The molecular weight excluding hydrogens is 544 g/mol. The number of aryl methyl sites for hydroxylation is 1. The maximum atomic E-state index is 13.3. The Kier molecular flexibility index (Phi) is 8.90. The van der Waals surface area contributed by atoms with Gasteiger partial charge in [-0.05, 0) is 87.7 Å². The number of carbonyl (C=O) groups excluding carboxylic acids is 2. The Morgan fingerprint density at radius 3 is 2.45 bits per heavy atom. The Bertz CT molecular complexity index is 1410. The molecular formula is C33H46N4O4Si. The highest BCUT2D eigenvalue weighted by Gasteiger charge is 2.38. The predicted octanol–water partition coefficient (Wildman–Crippen LogP) is 7.49. The lowest BCUT2D eigenvalue weighted by Gasteiger charge is -2.39. The number of pyridine rings is 1. The first-order valence-electron chi connectivity index (χ1n) is 15.5. The van der Waals surface area contributed by atoms with Crippen molar-refractivity contribution in [3.05, 3.63) is 47.6 Å². The summed E-state index contributed by atoms with van der Waals surface area (Å²) in [5.41, 5.74) is 4.30. The van der Waals surface area contributed by atoms with Crippen molar-refractivity contribution in [3.8, 4) is 0 Å². The Morgan fingerprint density at radius 1 is 1.10 bits per heavy atom. The molecule has 9 heteroatoms. The molecule has 0 atom stereocenters. The third-order valence-electron chi connectivity index (χ3n) is 9.65. The van der Waals surface area contributed by atoms with Crippen LogP contribution in [0.4, 0.5) is 11.4 Å². The van der Waals surface area contributed by atoms with E-state index in [2.05, 4.69) is 55.1 Å². The molecule has 1 N–H and O–H groups in total. The molecule has 3 heterocycles. The van der Waals surface area contributed by atoms with Crippen molar-refractivity contribution < 1.29 is 18.4 Å². The van der Waals surface area contributed by atoms with E-state index in [4.69, 9.17) is 13.8 Å². The van der Waals surface area contributed by atoms with E-state index in [9.17, 15) is 9.59 Å². The highest BCUT2D eigenvalue weighted by atomic mass is 28.4. The Morgan fingerprint density at radius 2 is 1.81 bits per heavy atom. The molecule has 1 aliphatic carbocycles. The molecule has 1 saturated heterocycles. The third kappa shape index (κ3) is 6.78. The number of benzene rings is 1. The van der Waals surface area contributed by atoms with Crippen molar-refractivity contribution in [1.29, 1.82) is 0 Å². The van der Waals surface area contributed by atoms with Crippen LogP contribution in [0.25, 0.3) is 11.1 Å². The number of aromatic nitrogens is 2. The van der Waals surface area contributed by atoms with Crippen LogP contribution in [0.5, 0.6) is 0 Å². The largest absolute Gasteiger partial charge is 0.440 e. The lowest BCUT2D eigenvalue weighted by atomic mass is 9.83. The molecule has 0 bridgehead atoms. The lowest BCUT2D eigenvalue weighted by molar-refractivity contribution is -0.112. The van der Waals surface area contributed by atoms with Gasteiger partial charge in [0.1, 0.15) is 17.5 Å². The minimum atomic E-state index is -1.79. The number of carbonyl (C=O) groups is 2. The van der Waals surface area contributed by atoms with Gasteiger partial charge in [0.15, 0.2) is 19.8 Å². The molecule has 1 aliphatic heterocycles. The molecule has 1 aromatic carbocycles. The van der Waals surface area contributed by atoms with E-state index in [0.717, 1.165) is 87.3 Å². The fourth-order valence-corrected chi connectivity index (χ4v) is 6.84. The molecule has 0 radical (unpaired) electrons. The van der Waals surface area contributed by atoms with E-state index in [-0.39, 0.29) is 22.8 Å². The molecule has 2 aromatic heterocycles. The number of nitrogens with zero attached hydrogens (tertiary/aromatic N) is 3. The first-order chi connectivity index (χ1) is 19.9. The second-order valence-electron chi connectivity index (χ2n) is 13.8. The molecule has 2 fully saturated rings. The SMILES string of the molecule is Cc1cccc(C(=O)Nc2cc3oc(C4CCC(C=O)CC4)nc3cc2N2CCC(CO[Si](C)(C)C(C)(C)C)CC2)n1. The van der Waals surface area contributed by atoms with Gasteiger partial charge in [0.05, 0.1) is 11.4 Å². The highest BCUT2D eigenvalue weighted by molar-refractivity contribution is 6.74. The van der Waals surface area contributed by atoms with Gasteiger partial charge >= 0.3 is 0 Å². The molecule has 0 unspecified atom stereocenters. The minimum Gasteiger partial charge on any atom is -0.440 e. The highest BCUT2D eigenvalue weighted by Crippen LogP contribution is 2.40. The number of oxazole rings is 1.